The fourth-order valence-corrected chi connectivity index (χ4v) is 4.35. The van der Waals surface area contributed by atoms with Gasteiger partial charge in [0.1, 0.15) is 14.1 Å². The molecule has 0 aromatic heterocycles. The molecule has 26 heavy (non-hydrogen) atoms. The van der Waals surface area contributed by atoms with Gasteiger partial charge in [0.2, 0.25) is 22.8 Å². The first-order valence-corrected chi connectivity index (χ1v) is 9.50. The van der Waals surface area contributed by atoms with Crippen molar-refractivity contribution in [1.82, 2.24) is 0 Å². The molecule has 0 amide bonds. The summed E-state index contributed by atoms with van der Waals surface area (Å²) in [5.74, 6) is 0. The smallest absolute Gasteiger partial charge is 0.173 e. The molecular formula is C22H34N4+4. The van der Waals surface area contributed by atoms with Crippen LogP contribution in [0.3, 0.4) is 0 Å². The van der Waals surface area contributed by atoms with Crippen molar-refractivity contribution in [3.8, 4) is 0 Å². The predicted octanol–water partition coefficient (Wildman–Crippen LogP) is 3.28. The SMILES string of the molecule is CC1=[N+](C)C[N+](c2c(C)c(C)c([N+]3=C(C)C(C)=[N+](C)C3)c(C)c2C)=C1C. The first kappa shape index (κ1) is 18.7. The van der Waals surface area contributed by atoms with Crippen molar-refractivity contribution in [2.75, 3.05) is 27.4 Å². The van der Waals surface area contributed by atoms with Crippen LogP contribution < -0.4 is 0 Å². The molecule has 1 aromatic carbocycles. The number of hydrogen-bond acceptors (Lipinski definition) is 0. The van der Waals surface area contributed by atoms with E-state index in [9.17, 15) is 0 Å². The lowest BCUT2D eigenvalue weighted by Gasteiger charge is -2.14. The topological polar surface area (TPSA) is 12.0 Å². The second-order valence-electron chi connectivity index (χ2n) is 8.07. The van der Waals surface area contributed by atoms with E-state index in [2.05, 4.69) is 87.8 Å². The Hall–Kier alpha value is -2.10. The van der Waals surface area contributed by atoms with Crippen LogP contribution in [0.15, 0.2) is 0 Å². The molecule has 2 aliphatic rings. The second-order valence-corrected chi connectivity index (χ2v) is 8.07. The minimum Gasteiger partial charge on any atom is -0.173 e. The Morgan fingerprint density at radius 3 is 0.923 bits per heavy atom. The molecule has 138 valence electrons. The molecule has 0 bridgehead atoms. The summed E-state index contributed by atoms with van der Waals surface area (Å²) in [4.78, 5) is 0. The Morgan fingerprint density at radius 2 is 0.731 bits per heavy atom. The van der Waals surface area contributed by atoms with Crippen LogP contribution in [0.5, 0.6) is 0 Å². The van der Waals surface area contributed by atoms with E-state index in [1.54, 1.807) is 0 Å². The zero-order valence-electron chi connectivity index (χ0n) is 18.2. The highest BCUT2D eigenvalue weighted by Gasteiger charge is 2.39. The first-order valence-electron chi connectivity index (χ1n) is 9.50. The molecule has 0 fully saturated rings. The van der Waals surface area contributed by atoms with E-state index in [1.165, 1.54) is 56.5 Å². The summed E-state index contributed by atoms with van der Waals surface area (Å²) in [7, 11) is 4.35. The van der Waals surface area contributed by atoms with E-state index in [0.717, 1.165) is 13.3 Å². The number of nitrogens with zero attached hydrogens (tertiary/aromatic N) is 4. The highest BCUT2D eigenvalue weighted by molar-refractivity contribution is 6.37. The molecule has 4 heteroatoms. The van der Waals surface area contributed by atoms with Gasteiger partial charge in [0.05, 0.1) is 0 Å². The van der Waals surface area contributed by atoms with Crippen molar-refractivity contribution in [3.63, 3.8) is 0 Å². The van der Waals surface area contributed by atoms with Crippen LogP contribution in [0, 0.1) is 27.7 Å². The summed E-state index contributed by atoms with van der Waals surface area (Å²) in [5, 5.41) is 0. The molecule has 0 N–H and O–H groups in total. The highest BCUT2D eigenvalue weighted by Crippen LogP contribution is 2.38. The van der Waals surface area contributed by atoms with Gasteiger partial charge in [0, 0.05) is 49.9 Å². The zero-order valence-corrected chi connectivity index (χ0v) is 18.2. The average Bonchev–Trinajstić information content (AvgIpc) is 2.99. The van der Waals surface area contributed by atoms with Crippen LogP contribution in [0.2, 0.25) is 0 Å². The fraction of sp³-hybridized carbons (Fsp3) is 0.545. The summed E-state index contributed by atoms with van der Waals surface area (Å²) in [6.07, 6.45) is 0. The molecule has 0 aliphatic carbocycles. The zero-order chi connectivity index (χ0) is 19.5. The van der Waals surface area contributed by atoms with Gasteiger partial charge >= 0.3 is 13.3 Å². The lowest BCUT2D eigenvalue weighted by molar-refractivity contribution is -0.667. The summed E-state index contributed by atoms with van der Waals surface area (Å²) in [6, 6.07) is 0. The molecule has 3 rings (SSSR count). The number of hydrogen-bond donors (Lipinski definition) is 0. The van der Waals surface area contributed by atoms with E-state index in [0.29, 0.717) is 0 Å². The maximum Gasteiger partial charge on any atom is 0.339 e. The van der Waals surface area contributed by atoms with Gasteiger partial charge in [-0.15, -0.1) is 9.15 Å². The van der Waals surface area contributed by atoms with Crippen LogP contribution in [-0.4, -0.2) is 68.6 Å². The maximum atomic E-state index is 2.48. The Bertz CT molecular complexity index is 860. The van der Waals surface area contributed by atoms with E-state index < -0.39 is 0 Å². The van der Waals surface area contributed by atoms with Crippen LogP contribution >= 0.6 is 0 Å². The van der Waals surface area contributed by atoms with Gasteiger partial charge in [-0.25, -0.2) is 0 Å². The standard InChI is InChI=1S/C22H34N4/c1-13-14(2)22(26-12-24(10)18(6)20(26)8)16(4)15(3)21(13)25-11-23(9)17(5)19(25)7/h11-12H2,1-10H3/q+4. The third kappa shape index (κ3) is 2.50. The van der Waals surface area contributed by atoms with Crippen molar-refractivity contribution >= 4 is 34.2 Å². The Labute approximate surface area is 158 Å². The molecule has 0 spiro atoms. The van der Waals surface area contributed by atoms with E-state index in [-0.39, 0.29) is 0 Å². The van der Waals surface area contributed by atoms with Gasteiger partial charge < -0.3 is 0 Å². The normalized spacial score (nSPS) is 18.2. The fourth-order valence-electron chi connectivity index (χ4n) is 4.35. The molecule has 0 saturated carbocycles. The summed E-state index contributed by atoms with van der Waals surface area (Å²) in [6.45, 7) is 19.9. The van der Waals surface area contributed by atoms with Crippen LogP contribution in [0.1, 0.15) is 49.9 Å². The number of rotatable bonds is 2. The van der Waals surface area contributed by atoms with Gasteiger partial charge in [-0.05, 0) is 27.7 Å². The van der Waals surface area contributed by atoms with Gasteiger partial charge in [0.15, 0.2) is 0 Å². The van der Waals surface area contributed by atoms with Gasteiger partial charge in [0.25, 0.3) is 11.4 Å². The summed E-state index contributed by atoms with van der Waals surface area (Å²) in [5.41, 5.74) is 13.8. The van der Waals surface area contributed by atoms with Crippen molar-refractivity contribution < 1.29 is 18.3 Å². The average molecular weight is 355 g/mol. The third-order valence-corrected chi connectivity index (χ3v) is 6.79. The predicted molar refractivity (Wildman–Crippen MR) is 110 cm³/mol. The molecule has 1 aromatic rings. The monoisotopic (exact) mass is 354 g/mol. The Morgan fingerprint density at radius 1 is 0.462 bits per heavy atom. The largest absolute Gasteiger partial charge is 0.339 e. The molecule has 2 heterocycles. The van der Waals surface area contributed by atoms with E-state index in [1.807, 2.05) is 0 Å². The highest BCUT2D eigenvalue weighted by atomic mass is 15.2. The van der Waals surface area contributed by atoms with Crippen LogP contribution in [0.4, 0.5) is 11.4 Å². The van der Waals surface area contributed by atoms with Crippen LogP contribution in [0.25, 0.3) is 0 Å². The summed E-state index contributed by atoms with van der Waals surface area (Å²) >= 11 is 0. The lowest BCUT2D eigenvalue weighted by atomic mass is 9.95. The van der Waals surface area contributed by atoms with Gasteiger partial charge in [-0.1, -0.05) is 0 Å². The van der Waals surface area contributed by atoms with E-state index >= 15 is 0 Å². The minimum absolute atomic E-state index is 0.933. The van der Waals surface area contributed by atoms with Crippen molar-refractivity contribution in [1.29, 1.82) is 0 Å². The molecule has 4 nitrogen and oxygen atoms in total. The Balaban J connectivity index is 2.24. The molecule has 0 radical (unpaired) electrons. The third-order valence-electron chi connectivity index (χ3n) is 6.79. The minimum atomic E-state index is 0.933. The molecule has 0 atom stereocenters. The second kappa shape index (κ2) is 6.26. The van der Waals surface area contributed by atoms with Crippen molar-refractivity contribution in [2.24, 2.45) is 0 Å². The van der Waals surface area contributed by atoms with Gasteiger partial charge in [-0.3, -0.25) is 0 Å². The molecule has 0 unspecified atom stereocenters. The molecule has 2 aliphatic heterocycles. The van der Waals surface area contributed by atoms with Crippen LogP contribution in [-0.2, 0) is 0 Å². The molecule has 0 saturated heterocycles. The van der Waals surface area contributed by atoms with Gasteiger partial charge in [-0.2, -0.15) is 9.15 Å². The molecular weight excluding hydrogens is 320 g/mol. The van der Waals surface area contributed by atoms with Crippen molar-refractivity contribution in [2.45, 2.75) is 55.4 Å². The summed E-state index contributed by atoms with van der Waals surface area (Å²) < 4.78 is 9.62. The maximum absolute atomic E-state index is 2.48. The van der Waals surface area contributed by atoms with E-state index in [4.69, 9.17) is 0 Å². The first-order chi connectivity index (χ1) is 12.1. The van der Waals surface area contributed by atoms with Crippen molar-refractivity contribution in [3.05, 3.63) is 22.3 Å². The quantitative estimate of drug-likeness (QED) is 0.723. The Kier molecular flexibility index (Phi) is 4.50. The lowest BCUT2D eigenvalue weighted by Crippen LogP contribution is -2.19. The number of benzene rings is 1.